The third-order valence-corrected chi connectivity index (χ3v) is 9.82. The number of nitrogens with one attached hydrogen (secondary N) is 1. The van der Waals surface area contributed by atoms with E-state index in [9.17, 15) is 4.79 Å². The summed E-state index contributed by atoms with van der Waals surface area (Å²) in [6, 6.07) is 0. The number of fused-ring (bicyclic) bond motifs is 5. The summed E-state index contributed by atoms with van der Waals surface area (Å²) in [5, 5.41) is 7.95. The van der Waals surface area contributed by atoms with Crippen molar-refractivity contribution in [1.29, 1.82) is 0 Å². The van der Waals surface area contributed by atoms with Gasteiger partial charge in [0.05, 0.1) is 5.71 Å². The fourth-order valence-electron chi connectivity index (χ4n) is 8.11. The zero-order valence-corrected chi connectivity index (χ0v) is 18.5. The fourth-order valence-corrected chi connectivity index (χ4v) is 8.11. The van der Waals surface area contributed by atoms with Gasteiger partial charge >= 0.3 is 0 Å². The number of ketones is 1. The normalized spacial score (nSPS) is 50.9. The van der Waals surface area contributed by atoms with E-state index >= 15 is 0 Å². The van der Waals surface area contributed by atoms with Gasteiger partial charge in [-0.1, -0.05) is 38.1 Å². The predicted octanol–water partition coefficient (Wildman–Crippen LogP) is 4.74. The lowest BCUT2D eigenvalue weighted by Gasteiger charge is -2.60. The molecule has 29 heavy (non-hydrogen) atoms. The van der Waals surface area contributed by atoms with Crippen LogP contribution in [0.4, 0.5) is 0 Å². The molecule has 5 aliphatic rings. The van der Waals surface area contributed by atoms with E-state index in [2.05, 4.69) is 37.8 Å². The van der Waals surface area contributed by atoms with Gasteiger partial charge in [-0.25, -0.2) is 0 Å². The molecule has 1 heterocycles. The van der Waals surface area contributed by atoms with Crippen LogP contribution in [0.3, 0.4) is 0 Å². The van der Waals surface area contributed by atoms with Gasteiger partial charge in [-0.3, -0.25) is 4.79 Å². The lowest BCUT2D eigenvalue weighted by atomic mass is 9.44. The maximum Gasteiger partial charge on any atom is 0.141 e. The summed E-state index contributed by atoms with van der Waals surface area (Å²) in [5.74, 6) is 3.25. The van der Waals surface area contributed by atoms with E-state index in [1.165, 1.54) is 24.1 Å². The molecule has 1 aliphatic heterocycles. The average molecular weight is 399 g/mol. The first-order chi connectivity index (χ1) is 13.8. The molecular formula is C25H38N2O2. The number of hydrogen-bond donors (Lipinski definition) is 1. The molecule has 160 valence electrons. The monoisotopic (exact) mass is 398 g/mol. The molecule has 1 N–H and O–H groups in total. The number of hydrogen-bond acceptors (Lipinski definition) is 4. The molecule has 5 fully saturated rings. The van der Waals surface area contributed by atoms with Gasteiger partial charge in [0.2, 0.25) is 0 Å². The van der Waals surface area contributed by atoms with E-state index in [1.54, 1.807) is 0 Å². The molecule has 4 aliphatic carbocycles. The number of Topliss-reactive ketones (excluding diaryl/α,β-unsaturated/α-hetero) is 1. The summed E-state index contributed by atoms with van der Waals surface area (Å²) in [6.07, 6.45) is 9.10. The topological polar surface area (TPSA) is 50.7 Å². The molecular weight excluding hydrogens is 360 g/mol. The molecule has 0 amide bonds. The molecule has 0 aromatic rings. The van der Waals surface area contributed by atoms with Gasteiger partial charge in [0.15, 0.2) is 0 Å². The molecule has 5 rings (SSSR count). The van der Waals surface area contributed by atoms with E-state index in [1.807, 2.05) is 0 Å². The van der Waals surface area contributed by atoms with Crippen molar-refractivity contribution in [1.82, 2.24) is 5.32 Å². The van der Waals surface area contributed by atoms with E-state index in [-0.39, 0.29) is 17.4 Å². The van der Waals surface area contributed by atoms with Crippen molar-refractivity contribution in [2.24, 2.45) is 45.6 Å². The molecule has 4 saturated carbocycles. The van der Waals surface area contributed by atoms with Gasteiger partial charge in [-0.05, 0) is 80.6 Å². The van der Waals surface area contributed by atoms with E-state index in [4.69, 9.17) is 4.84 Å². The van der Waals surface area contributed by atoms with Crippen LogP contribution in [0.2, 0.25) is 0 Å². The van der Waals surface area contributed by atoms with Gasteiger partial charge in [0.1, 0.15) is 11.9 Å². The lowest BCUT2D eigenvalue weighted by Crippen LogP contribution is -2.54. The number of allylic oxidation sites excluding steroid dienone is 1. The highest BCUT2D eigenvalue weighted by molar-refractivity contribution is 5.89. The van der Waals surface area contributed by atoms with Crippen LogP contribution in [0.15, 0.2) is 17.3 Å². The second kappa shape index (κ2) is 6.93. The van der Waals surface area contributed by atoms with Crippen molar-refractivity contribution in [3.05, 3.63) is 12.2 Å². The Bertz CT molecular complexity index is 739. The highest BCUT2D eigenvalue weighted by Gasteiger charge is 2.62. The van der Waals surface area contributed by atoms with E-state index in [0.717, 1.165) is 57.5 Å². The maximum absolute atomic E-state index is 12.9. The Balaban J connectivity index is 1.36. The van der Waals surface area contributed by atoms with Gasteiger partial charge in [-0.15, -0.1) is 0 Å². The Morgan fingerprint density at radius 3 is 2.76 bits per heavy atom. The molecule has 0 aromatic carbocycles. The van der Waals surface area contributed by atoms with E-state index in [0.29, 0.717) is 29.0 Å². The number of oxime groups is 1. The molecule has 0 spiro atoms. The van der Waals surface area contributed by atoms with Crippen LogP contribution in [0.1, 0.15) is 72.1 Å². The van der Waals surface area contributed by atoms with Crippen molar-refractivity contribution >= 4 is 11.5 Å². The van der Waals surface area contributed by atoms with Gasteiger partial charge < -0.3 is 10.2 Å². The quantitative estimate of drug-likeness (QED) is 0.540. The van der Waals surface area contributed by atoms with Gasteiger partial charge in [0, 0.05) is 24.3 Å². The van der Waals surface area contributed by atoms with Crippen LogP contribution in [-0.2, 0) is 9.63 Å². The van der Waals surface area contributed by atoms with Crippen LogP contribution in [0.25, 0.3) is 0 Å². The van der Waals surface area contributed by atoms with Gasteiger partial charge in [-0.2, -0.15) is 0 Å². The zero-order chi connectivity index (χ0) is 20.4. The lowest BCUT2D eigenvalue weighted by molar-refractivity contribution is -0.136. The standard InChI is InChI=1S/C25H38N2O2/c1-15-11-19-20(6-9-25(4)22(19)12-16(2)23(25)28)24(3)8-5-17(13-21(15)24)27-29-18-7-10-26-14-18/h16,18-22,26H,1,5-14H2,2-4H3/t16?,18?,19?,20?,21?,22?,24-,25+/m1/s1. The van der Waals surface area contributed by atoms with Gasteiger partial charge in [0.25, 0.3) is 0 Å². The summed E-state index contributed by atoms with van der Waals surface area (Å²) in [5.41, 5.74) is 2.89. The SMILES string of the molecule is C=C1CC2C(CC[C@]3(C)C(=O)C(C)CC23)[C@@]2(C)CCC(=NOC3CCNC3)CC12. The highest BCUT2D eigenvalue weighted by atomic mass is 16.6. The Kier molecular flexibility index (Phi) is 4.73. The summed E-state index contributed by atoms with van der Waals surface area (Å²) >= 11 is 0. The molecule has 0 bridgehead atoms. The van der Waals surface area contributed by atoms with Crippen molar-refractivity contribution in [2.75, 3.05) is 13.1 Å². The largest absolute Gasteiger partial charge is 0.391 e. The molecule has 8 atom stereocenters. The minimum absolute atomic E-state index is 0.0749. The van der Waals surface area contributed by atoms with Crippen molar-refractivity contribution in [3.63, 3.8) is 0 Å². The minimum Gasteiger partial charge on any atom is -0.391 e. The summed E-state index contributed by atoms with van der Waals surface area (Å²) < 4.78 is 0. The highest BCUT2D eigenvalue weighted by Crippen LogP contribution is 2.66. The van der Waals surface area contributed by atoms with Crippen LogP contribution < -0.4 is 5.32 Å². The number of carbonyl (C=O) groups excluding carboxylic acids is 1. The molecule has 0 aromatic heterocycles. The van der Waals surface area contributed by atoms with Crippen molar-refractivity contribution in [3.8, 4) is 0 Å². The molecule has 4 heteroatoms. The maximum atomic E-state index is 12.9. The molecule has 0 radical (unpaired) electrons. The molecule has 4 nitrogen and oxygen atoms in total. The Hall–Kier alpha value is -1.16. The van der Waals surface area contributed by atoms with Crippen LogP contribution in [0.5, 0.6) is 0 Å². The van der Waals surface area contributed by atoms with E-state index < -0.39 is 0 Å². The fraction of sp³-hybridized carbons (Fsp3) is 0.840. The number of nitrogens with zero attached hydrogens (tertiary/aromatic N) is 1. The second-order valence-electron chi connectivity index (χ2n) is 11.3. The number of carbonyl (C=O) groups is 1. The minimum atomic E-state index is -0.0749. The average Bonchev–Trinajstić information content (AvgIpc) is 3.29. The van der Waals surface area contributed by atoms with Crippen LogP contribution in [-0.4, -0.2) is 30.7 Å². The van der Waals surface area contributed by atoms with Crippen LogP contribution >= 0.6 is 0 Å². The zero-order valence-electron chi connectivity index (χ0n) is 18.5. The van der Waals surface area contributed by atoms with Crippen molar-refractivity contribution in [2.45, 2.75) is 78.2 Å². The number of rotatable bonds is 2. The summed E-state index contributed by atoms with van der Waals surface area (Å²) in [7, 11) is 0. The Morgan fingerprint density at radius 1 is 1.17 bits per heavy atom. The smallest absolute Gasteiger partial charge is 0.141 e. The first-order valence-electron chi connectivity index (χ1n) is 12.0. The summed E-state index contributed by atoms with van der Waals surface area (Å²) in [4.78, 5) is 18.8. The molecule has 1 saturated heterocycles. The first-order valence-corrected chi connectivity index (χ1v) is 12.0. The summed E-state index contributed by atoms with van der Waals surface area (Å²) in [6.45, 7) is 13.5. The Labute approximate surface area is 175 Å². The Morgan fingerprint density at radius 2 is 2.00 bits per heavy atom. The third kappa shape index (κ3) is 2.96. The first kappa shape index (κ1) is 19.8. The van der Waals surface area contributed by atoms with Crippen LogP contribution in [0, 0.1) is 40.4 Å². The third-order valence-electron chi connectivity index (χ3n) is 9.82. The second-order valence-corrected chi connectivity index (χ2v) is 11.3. The van der Waals surface area contributed by atoms with Crippen molar-refractivity contribution < 1.29 is 9.63 Å². The molecule has 6 unspecified atom stereocenters. The predicted molar refractivity (Wildman–Crippen MR) is 116 cm³/mol.